The number of hydrogen-bond donors (Lipinski definition) is 1. The summed E-state index contributed by atoms with van der Waals surface area (Å²) in [6.45, 7) is 10.5. The number of piperidine rings is 1. The van der Waals surface area contributed by atoms with Crippen molar-refractivity contribution in [2.75, 3.05) is 19.6 Å². The molecule has 1 amide bonds. The minimum atomic E-state index is 0.236. The Labute approximate surface area is 111 Å². The molecule has 18 heavy (non-hydrogen) atoms. The molecule has 1 fully saturated rings. The fourth-order valence-corrected chi connectivity index (χ4v) is 2.96. The minimum absolute atomic E-state index is 0.236. The number of carbonyl (C=O) groups is 1. The summed E-state index contributed by atoms with van der Waals surface area (Å²) in [5.41, 5.74) is 5.80. The number of nitrogens with zero attached hydrogens (tertiary/aromatic N) is 2. The lowest BCUT2D eigenvalue weighted by atomic mass is 10.0. The first-order valence-electron chi connectivity index (χ1n) is 7.22. The van der Waals surface area contributed by atoms with E-state index in [-0.39, 0.29) is 18.0 Å². The molecule has 0 spiro atoms. The topological polar surface area (TPSA) is 49.6 Å². The number of rotatable bonds is 5. The molecule has 0 aromatic rings. The van der Waals surface area contributed by atoms with Gasteiger partial charge in [-0.05, 0) is 47.1 Å². The van der Waals surface area contributed by atoms with E-state index in [0.717, 1.165) is 13.0 Å². The van der Waals surface area contributed by atoms with Gasteiger partial charge in [0.1, 0.15) is 0 Å². The zero-order chi connectivity index (χ0) is 13.7. The molecule has 2 N–H and O–H groups in total. The third-order valence-electron chi connectivity index (χ3n) is 3.76. The standard InChI is InChI=1S/C14H29N3O/c1-11(2)17(12(3)4)14(18)10-16-8-6-5-7-13(16)9-15/h11-13H,5-10,15H2,1-4H3. The van der Waals surface area contributed by atoms with Gasteiger partial charge in [0.2, 0.25) is 5.91 Å². The van der Waals surface area contributed by atoms with Crippen molar-refractivity contribution in [1.29, 1.82) is 0 Å². The predicted molar refractivity (Wildman–Crippen MR) is 75.4 cm³/mol. The highest BCUT2D eigenvalue weighted by Gasteiger charge is 2.27. The molecule has 0 radical (unpaired) electrons. The second kappa shape index (κ2) is 7.10. The largest absolute Gasteiger partial charge is 0.337 e. The van der Waals surface area contributed by atoms with E-state index in [1.165, 1.54) is 12.8 Å². The van der Waals surface area contributed by atoms with Crippen LogP contribution in [0, 0.1) is 0 Å². The van der Waals surface area contributed by atoms with Crippen LogP contribution in [0.15, 0.2) is 0 Å². The van der Waals surface area contributed by atoms with Gasteiger partial charge in [-0.25, -0.2) is 0 Å². The smallest absolute Gasteiger partial charge is 0.237 e. The molecule has 0 aromatic carbocycles. The number of amides is 1. The maximum atomic E-state index is 12.4. The van der Waals surface area contributed by atoms with Gasteiger partial charge < -0.3 is 10.6 Å². The summed E-state index contributed by atoms with van der Waals surface area (Å²) in [5, 5.41) is 0. The third-order valence-corrected chi connectivity index (χ3v) is 3.76. The van der Waals surface area contributed by atoms with Crippen molar-refractivity contribution in [1.82, 2.24) is 9.80 Å². The van der Waals surface area contributed by atoms with Gasteiger partial charge in [-0.2, -0.15) is 0 Å². The van der Waals surface area contributed by atoms with Crippen LogP contribution < -0.4 is 5.73 Å². The normalized spacial score (nSPS) is 21.6. The van der Waals surface area contributed by atoms with Gasteiger partial charge in [0.25, 0.3) is 0 Å². The molecule has 1 saturated heterocycles. The van der Waals surface area contributed by atoms with Crippen LogP contribution in [0.5, 0.6) is 0 Å². The lowest BCUT2D eigenvalue weighted by Crippen LogP contribution is -2.52. The molecule has 0 aromatic heterocycles. The minimum Gasteiger partial charge on any atom is -0.337 e. The molecule has 1 rings (SSSR count). The Bertz CT molecular complexity index is 258. The molecule has 0 saturated carbocycles. The summed E-state index contributed by atoms with van der Waals surface area (Å²) in [5.74, 6) is 0.236. The molecule has 0 bridgehead atoms. The lowest BCUT2D eigenvalue weighted by molar-refractivity contribution is -0.136. The predicted octanol–water partition coefficient (Wildman–Crippen LogP) is 1.45. The molecule has 4 nitrogen and oxygen atoms in total. The van der Waals surface area contributed by atoms with Crippen LogP contribution in [-0.4, -0.2) is 53.5 Å². The first-order valence-corrected chi connectivity index (χ1v) is 7.22. The van der Waals surface area contributed by atoms with Gasteiger partial charge in [0.05, 0.1) is 6.54 Å². The maximum Gasteiger partial charge on any atom is 0.237 e. The van der Waals surface area contributed by atoms with Gasteiger partial charge in [-0.3, -0.25) is 9.69 Å². The van der Waals surface area contributed by atoms with Crippen molar-refractivity contribution in [3.8, 4) is 0 Å². The van der Waals surface area contributed by atoms with E-state index in [0.29, 0.717) is 19.1 Å². The van der Waals surface area contributed by atoms with Gasteiger partial charge in [0, 0.05) is 24.7 Å². The molecule has 1 heterocycles. The van der Waals surface area contributed by atoms with E-state index in [2.05, 4.69) is 32.6 Å². The van der Waals surface area contributed by atoms with E-state index < -0.39 is 0 Å². The Balaban J connectivity index is 2.61. The van der Waals surface area contributed by atoms with E-state index in [4.69, 9.17) is 5.73 Å². The van der Waals surface area contributed by atoms with Crippen molar-refractivity contribution < 1.29 is 4.79 Å². The van der Waals surface area contributed by atoms with Crippen LogP contribution in [0.2, 0.25) is 0 Å². The number of likely N-dealkylation sites (tertiary alicyclic amines) is 1. The Hall–Kier alpha value is -0.610. The van der Waals surface area contributed by atoms with Crippen LogP contribution in [-0.2, 0) is 4.79 Å². The zero-order valence-corrected chi connectivity index (χ0v) is 12.4. The number of hydrogen-bond acceptors (Lipinski definition) is 3. The van der Waals surface area contributed by atoms with Gasteiger partial charge in [0.15, 0.2) is 0 Å². The maximum absolute atomic E-state index is 12.4. The van der Waals surface area contributed by atoms with Crippen molar-refractivity contribution in [2.45, 2.75) is 65.1 Å². The number of nitrogens with two attached hydrogens (primary N) is 1. The Morgan fingerprint density at radius 1 is 1.28 bits per heavy atom. The molecular weight excluding hydrogens is 226 g/mol. The molecular formula is C14H29N3O. The molecule has 1 unspecified atom stereocenters. The van der Waals surface area contributed by atoms with Crippen LogP contribution in [0.1, 0.15) is 47.0 Å². The first kappa shape index (κ1) is 15.4. The van der Waals surface area contributed by atoms with Crippen LogP contribution >= 0.6 is 0 Å². The summed E-state index contributed by atoms with van der Waals surface area (Å²) in [4.78, 5) is 16.6. The van der Waals surface area contributed by atoms with Gasteiger partial charge in [-0.1, -0.05) is 6.42 Å². The second-order valence-electron chi connectivity index (χ2n) is 5.84. The SMILES string of the molecule is CC(C)N(C(=O)CN1CCCCC1CN)C(C)C. The van der Waals surface area contributed by atoms with Gasteiger partial charge in [-0.15, -0.1) is 0 Å². The van der Waals surface area contributed by atoms with Crippen LogP contribution in [0.25, 0.3) is 0 Å². The molecule has 1 aliphatic heterocycles. The molecule has 1 atom stereocenters. The fourth-order valence-electron chi connectivity index (χ4n) is 2.96. The highest BCUT2D eigenvalue weighted by Crippen LogP contribution is 2.17. The molecule has 106 valence electrons. The van der Waals surface area contributed by atoms with E-state index >= 15 is 0 Å². The molecule has 0 aliphatic carbocycles. The van der Waals surface area contributed by atoms with Crippen LogP contribution in [0.3, 0.4) is 0 Å². The van der Waals surface area contributed by atoms with Crippen molar-refractivity contribution in [3.05, 3.63) is 0 Å². The summed E-state index contributed by atoms with van der Waals surface area (Å²) in [6, 6.07) is 0.918. The van der Waals surface area contributed by atoms with E-state index in [9.17, 15) is 4.79 Å². The Morgan fingerprint density at radius 3 is 2.39 bits per heavy atom. The van der Waals surface area contributed by atoms with E-state index in [1.807, 2.05) is 4.90 Å². The quantitative estimate of drug-likeness (QED) is 0.809. The van der Waals surface area contributed by atoms with Crippen LogP contribution in [0.4, 0.5) is 0 Å². The highest BCUT2D eigenvalue weighted by atomic mass is 16.2. The molecule has 4 heteroatoms. The van der Waals surface area contributed by atoms with Crippen molar-refractivity contribution >= 4 is 5.91 Å². The van der Waals surface area contributed by atoms with Crippen molar-refractivity contribution in [2.24, 2.45) is 5.73 Å². The fraction of sp³-hybridized carbons (Fsp3) is 0.929. The first-order chi connectivity index (χ1) is 8.47. The summed E-state index contributed by atoms with van der Waals surface area (Å²) < 4.78 is 0. The van der Waals surface area contributed by atoms with Crippen molar-refractivity contribution in [3.63, 3.8) is 0 Å². The summed E-state index contributed by atoms with van der Waals surface area (Å²) in [6.07, 6.45) is 3.56. The third kappa shape index (κ3) is 3.95. The summed E-state index contributed by atoms with van der Waals surface area (Å²) in [7, 11) is 0. The lowest BCUT2D eigenvalue weighted by Gasteiger charge is -2.38. The second-order valence-corrected chi connectivity index (χ2v) is 5.84. The highest BCUT2D eigenvalue weighted by molar-refractivity contribution is 5.78. The summed E-state index contributed by atoms with van der Waals surface area (Å²) >= 11 is 0. The Morgan fingerprint density at radius 2 is 1.89 bits per heavy atom. The Kier molecular flexibility index (Phi) is 6.09. The monoisotopic (exact) mass is 255 g/mol. The van der Waals surface area contributed by atoms with Gasteiger partial charge >= 0.3 is 0 Å². The molecule has 1 aliphatic rings. The van der Waals surface area contributed by atoms with E-state index in [1.54, 1.807) is 0 Å². The average molecular weight is 255 g/mol. The average Bonchev–Trinajstić information content (AvgIpc) is 2.28. The number of carbonyl (C=O) groups excluding carboxylic acids is 1. The zero-order valence-electron chi connectivity index (χ0n) is 12.4.